The summed E-state index contributed by atoms with van der Waals surface area (Å²) in [7, 11) is 1.65. The number of hydrogen-bond acceptors (Lipinski definition) is 3. The molecule has 0 atom stereocenters. The molecule has 0 aromatic heterocycles. The number of ketones is 1. The van der Waals surface area contributed by atoms with Gasteiger partial charge >= 0.3 is 0 Å². The van der Waals surface area contributed by atoms with E-state index in [9.17, 15) is 4.79 Å². The van der Waals surface area contributed by atoms with Crippen LogP contribution in [0.4, 0.5) is 5.69 Å². The normalized spacial score (nSPS) is 10.2. The van der Waals surface area contributed by atoms with Crippen molar-refractivity contribution in [2.24, 2.45) is 0 Å². The van der Waals surface area contributed by atoms with Crippen LogP contribution in [0.5, 0.6) is 5.75 Å². The highest BCUT2D eigenvalue weighted by Gasteiger charge is 2.05. The second-order valence-electron chi connectivity index (χ2n) is 4.78. The zero-order valence-corrected chi connectivity index (χ0v) is 12.9. The summed E-state index contributed by atoms with van der Waals surface area (Å²) in [6.45, 7) is 2.29. The summed E-state index contributed by atoms with van der Waals surface area (Å²) in [6.07, 6.45) is 0.866. The van der Waals surface area contributed by atoms with Crippen molar-refractivity contribution in [3.05, 3.63) is 58.6 Å². The monoisotopic (exact) mass is 303 g/mol. The lowest BCUT2D eigenvalue weighted by molar-refractivity contribution is 0.101. The summed E-state index contributed by atoms with van der Waals surface area (Å²) >= 11 is 6.13. The SMILES string of the molecule is COc1ccc(CCNc2cc(C(C)=O)ccc2Cl)cc1. The highest BCUT2D eigenvalue weighted by Crippen LogP contribution is 2.23. The van der Waals surface area contributed by atoms with Gasteiger partial charge in [-0.25, -0.2) is 0 Å². The van der Waals surface area contributed by atoms with Crippen LogP contribution < -0.4 is 10.1 Å². The van der Waals surface area contributed by atoms with Gasteiger partial charge in [0.15, 0.2) is 5.78 Å². The quantitative estimate of drug-likeness (QED) is 0.813. The molecule has 3 nitrogen and oxygen atoms in total. The third-order valence-corrected chi connectivity index (χ3v) is 3.59. The number of carbonyl (C=O) groups excluding carboxylic acids is 1. The molecule has 0 saturated heterocycles. The second-order valence-corrected chi connectivity index (χ2v) is 5.18. The Morgan fingerprint density at radius 2 is 1.90 bits per heavy atom. The fraction of sp³-hybridized carbons (Fsp3) is 0.235. The topological polar surface area (TPSA) is 38.3 Å². The Hall–Kier alpha value is -2.00. The van der Waals surface area contributed by atoms with E-state index in [0.717, 1.165) is 24.4 Å². The van der Waals surface area contributed by atoms with Gasteiger partial charge < -0.3 is 10.1 Å². The Bertz CT molecular complexity index is 623. The van der Waals surface area contributed by atoms with Crippen molar-refractivity contribution in [3.8, 4) is 5.75 Å². The van der Waals surface area contributed by atoms with Crippen molar-refractivity contribution < 1.29 is 9.53 Å². The average Bonchev–Trinajstić information content (AvgIpc) is 2.49. The lowest BCUT2D eigenvalue weighted by Gasteiger charge is -2.10. The van der Waals surface area contributed by atoms with Gasteiger partial charge in [0.1, 0.15) is 5.75 Å². The van der Waals surface area contributed by atoms with Gasteiger partial charge in [-0.05, 0) is 49.2 Å². The van der Waals surface area contributed by atoms with Gasteiger partial charge in [0.05, 0.1) is 17.8 Å². The zero-order chi connectivity index (χ0) is 15.2. The third-order valence-electron chi connectivity index (χ3n) is 3.26. The second kappa shape index (κ2) is 7.14. The van der Waals surface area contributed by atoms with Crippen molar-refractivity contribution in [3.63, 3.8) is 0 Å². The number of anilines is 1. The molecule has 1 N–H and O–H groups in total. The first-order chi connectivity index (χ1) is 10.1. The Morgan fingerprint density at radius 1 is 1.19 bits per heavy atom. The van der Waals surface area contributed by atoms with Crippen molar-refractivity contribution >= 4 is 23.1 Å². The summed E-state index contributed by atoms with van der Waals surface area (Å²) < 4.78 is 5.13. The number of rotatable bonds is 6. The first kappa shape index (κ1) is 15.4. The average molecular weight is 304 g/mol. The largest absolute Gasteiger partial charge is 0.497 e. The minimum atomic E-state index is 0.0323. The van der Waals surface area contributed by atoms with Crippen LogP contribution in [0.15, 0.2) is 42.5 Å². The molecule has 0 saturated carbocycles. The van der Waals surface area contributed by atoms with E-state index in [-0.39, 0.29) is 5.78 Å². The molecule has 0 radical (unpaired) electrons. The molecule has 0 aliphatic carbocycles. The predicted octanol–water partition coefficient (Wildman–Crippen LogP) is 4.21. The molecule has 0 spiro atoms. The molecule has 0 heterocycles. The minimum Gasteiger partial charge on any atom is -0.497 e. The lowest BCUT2D eigenvalue weighted by atomic mass is 10.1. The summed E-state index contributed by atoms with van der Waals surface area (Å²) in [5.41, 5.74) is 2.66. The van der Waals surface area contributed by atoms with Gasteiger partial charge in [0, 0.05) is 12.1 Å². The van der Waals surface area contributed by atoms with Crippen LogP contribution in [0, 0.1) is 0 Å². The summed E-state index contributed by atoms with van der Waals surface area (Å²) in [4.78, 5) is 11.4. The summed E-state index contributed by atoms with van der Waals surface area (Å²) in [6, 6.07) is 13.2. The van der Waals surface area contributed by atoms with E-state index < -0.39 is 0 Å². The van der Waals surface area contributed by atoms with Crippen LogP contribution in [0.25, 0.3) is 0 Å². The smallest absolute Gasteiger partial charge is 0.159 e. The molecule has 2 aromatic carbocycles. The standard InChI is InChI=1S/C17H18ClNO2/c1-12(20)14-5-8-16(18)17(11-14)19-10-9-13-3-6-15(21-2)7-4-13/h3-8,11,19H,9-10H2,1-2H3. The Labute approximate surface area is 129 Å². The summed E-state index contributed by atoms with van der Waals surface area (Å²) in [5, 5.41) is 3.89. The van der Waals surface area contributed by atoms with E-state index >= 15 is 0 Å². The molecule has 0 bridgehead atoms. The van der Waals surface area contributed by atoms with Crippen molar-refractivity contribution in [2.45, 2.75) is 13.3 Å². The molecular weight excluding hydrogens is 286 g/mol. The zero-order valence-electron chi connectivity index (χ0n) is 12.2. The fourth-order valence-corrected chi connectivity index (χ4v) is 2.20. The van der Waals surface area contributed by atoms with E-state index in [0.29, 0.717) is 10.6 Å². The van der Waals surface area contributed by atoms with Gasteiger partial charge in [-0.2, -0.15) is 0 Å². The van der Waals surface area contributed by atoms with E-state index in [1.807, 2.05) is 24.3 Å². The van der Waals surface area contributed by atoms with Gasteiger partial charge in [-0.1, -0.05) is 23.7 Å². The van der Waals surface area contributed by atoms with Crippen LogP contribution in [0.1, 0.15) is 22.8 Å². The van der Waals surface area contributed by atoms with E-state index in [1.54, 1.807) is 32.2 Å². The van der Waals surface area contributed by atoms with Crippen molar-refractivity contribution in [2.75, 3.05) is 19.0 Å². The maximum atomic E-state index is 11.4. The Kier molecular flexibility index (Phi) is 5.23. The third kappa shape index (κ3) is 4.23. The number of halogens is 1. The predicted molar refractivity (Wildman–Crippen MR) is 86.6 cm³/mol. The maximum absolute atomic E-state index is 11.4. The molecule has 0 amide bonds. The molecular formula is C17H18ClNO2. The van der Waals surface area contributed by atoms with Gasteiger partial charge in [-0.3, -0.25) is 4.79 Å². The maximum Gasteiger partial charge on any atom is 0.159 e. The number of benzene rings is 2. The number of methoxy groups -OCH3 is 1. The van der Waals surface area contributed by atoms with E-state index in [1.165, 1.54) is 5.56 Å². The molecule has 0 unspecified atom stereocenters. The van der Waals surface area contributed by atoms with E-state index in [4.69, 9.17) is 16.3 Å². The van der Waals surface area contributed by atoms with Crippen LogP contribution in [0.2, 0.25) is 5.02 Å². The van der Waals surface area contributed by atoms with Crippen molar-refractivity contribution in [1.82, 2.24) is 0 Å². The molecule has 0 aliphatic heterocycles. The van der Waals surface area contributed by atoms with Crippen molar-refractivity contribution in [1.29, 1.82) is 0 Å². The molecule has 110 valence electrons. The molecule has 21 heavy (non-hydrogen) atoms. The first-order valence-electron chi connectivity index (χ1n) is 6.77. The fourth-order valence-electron chi connectivity index (χ4n) is 2.01. The molecule has 2 rings (SSSR count). The van der Waals surface area contributed by atoms with Gasteiger partial charge in [-0.15, -0.1) is 0 Å². The lowest BCUT2D eigenvalue weighted by Crippen LogP contribution is -2.06. The number of nitrogens with one attached hydrogen (secondary N) is 1. The Balaban J connectivity index is 1.96. The Morgan fingerprint density at radius 3 is 2.52 bits per heavy atom. The highest BCUT2D eigenvalue weighted by atomic mass is 35.5. The number of Topliss-reactive ketones (excluding diaryl/α,β-unsaturated/α-hetero) is 1. The van der Waals surface area contributed by atoms with Crippen LogP contribution in [0.3, 0.4) is 0 Å². The highest BCUT2D eigenvalue weighted by molar-refractivity contribution is 6.33. The van der Waals surface area contributed by atoms with Crippen LogP contribution >= 0.6 is 11.6 Å². The number of ether oxygens (including phenoxy) is 1. The first-order valence-corrected chi connectivity index (χ1v) is 7.15. The molecule has 0 fully saturated rings. The summed E-state index contributed by atoms with van der Waals surface area (Å²) in [5.74, 6) is 0.883. The molecule has 0 aliphatic rings. The number of carbonyl (C=O) groups is 1. The number of hydrogen-bond donors (Lipinski definition) is 1. The molecule has 4 heteroatoms. The van der Waals surface area contributed by atoms with Crippen LogP contribution in [-0.4, -0.2) is 19.4 Å². The minimum absolute atomic E-state index is 0.0323. The van der Waals surface area contributed by atoms with E-state index in [2.05, 4.69) is 5.32 Å². The van der Waals surface area contributed by atoms with Gasteiger partial charge in [0.2, 0.25) is 0 Å². The molecule has 2 aromatic rings. The van der Waals surface area contributed by atoms with Crippen LogP contribution in [-0.2, 0) is 6.42 Å². The van der Waals surface area contributed by atoms with Gasteiger partial charge in [0.25, 0.3) is 0 Å².